The largest absolute Gasteiger partial charge is 0.320 e. The van der Waals surface area contributed by atoms with E-state index < -0.39 is 0 Å². The zero-order valence-electron chi connectivity index (χ0n) is 14.7. The fourth-order valence-corrected chi connectivity index (χ4v) is 3.61. The summed E-state index contributed by atoms with van der Waals surface area (Å²) in [6.07, 6.45) is 0. The summed E-state index contributed by atoms with van der Waals surface area (Å²) in [5, 5.41) is 11.5. The van der Waals surface area contributed by atoms with Crippen molar-refractivity contribution in [3.8, 4) is 10.6 Å². The lowest BCUT2D eigenvalue weighted by atomic mass is 10.1. The van der Waals surface area contributed by atoms with Gasteiger partial charge in [0.05, 0.1) is 15.9 Å². The topological polar surface area (TPSA) is 67.8 Å². The second kappa shape index (κ2) is 6.85. The summed E-state index contributed by atoms with van der Waals surface area (Å²) in [7, 11) is 0. The minimum absolute atomic E-state index is 0.261. The van der Waals surface area contributed by atoms with Crippen molar-refractivity contribution in [2.45, 2.75) is 13.8 Å². The minimum atomic E-state index is -0.311. The van der Waals surface area contributed by atoms with Crippen LogP contribution in [0.2, 0.25) is 0 Å². The van der Waals surface area contributed by atoms with Crippen LogP contribution >= 0.6 is 11.3 Å². The van der Waals surface area contributed by atoms with Crippen molar-refractivity contribution < 1.29 is 9.18 Å². The minimum Gasteiger partial charge on any atom is -0.320 e. The zero-order chi connectivity index (χ0) is 19.0. The molecule has 27 heavy (non-hydrogen) atoms. The highest BCUT2D eigenvalue weighted by Gasteiger charge is 2.12. The molecule has 1 N–H and O–H groups in total. The highest BCUT2D eigenvalue weighted by atomic mass is 32.1. The maximum atomic E-state index is 13.4. The first kappa shape index (κ1) is 17.2. The Morgan fingerprint density at radius 3 is 2.63 bits per heavy atom. The quantitative estimate of drug-likeness (QED) is 0.558. The molecule has 5 nitrogen and oxygen atoms in total. The SMILES string of the molecule is Cc1ccc(C(=O)Nc2ccc(-c3nc4cc(F)ccc4s3)cc2C)nn1. The van der Waals surface area contributed by atoms with Crippen LogP contribution in [-0.2, 0) is 0 Å². The van der Waals surface area contributed by atoms with E-state index in [1.165, 1.54) is 23.5 Å². The van der Waals surface area contributed by atoms with E-state index in [1.54, 1.807) is 18.2 Å². The van der Waals surface area contributed by atoms with Gasteiger partial charge in [-0.3, -0.25) is 4.79 Å². The summed E-state index contributed by atoms with van der Waals surface area (Å²) < 4.78 is 14.3. The Bertz CT molecular complexity index is 1150. The monoisotopic (exact) mass is 378 g/mol. The van der Waals surface area contributed by atoms with E-state index in [4.69, 9.17) is 0 Å². The van der Waals surface area contributed by atoms with E-state index in [0.29, 0.717) is 11.2 Å². The number of benzene rings is 2. The Labute approximate surface area is 158 Å². The highest BCUT2D eigenvalue weighted by molar-refractivity contribution is 7.21. The lowest BCUT2D eigenvalue weighted by molar-refractivity contribution is 0.102. The molecule has 4 aromatic rings. The normalized spacial score (nSPS) is 10.9. The van der Waals surface area contributed by atoms with Gasteiger partial charge in [0.25, 0.3) is 5.91 Å². The molecule has 0 atom stereocenters. The van der Waals surface area contributed by atoms with Crippen molar-refractivity contribution in [2.24, 2.45) is 0 Å². The predicted molar refractivity (Wildman–Crippen MR) is 104 cm³/mol. The van der Waals surface area contributed by atoms with E-state index >= 15 is 0 Å². The molecule has 1 amide bonds. The molecule has 2 aromatic carbocycles. The van der Waals surface area contributed by atoms with E-state index in [1.807, 2.05) is 32.0 Å². The first-order chi connectivity index (χ1) is 13.0. The molecule has 0 saturated heterocycles. The third kappa shape index (κ3) is 3.54. The Morgan fingerprint density at radius 1 is 1.04 bits per heavy atom. The molecule has 0 aliphatic rings. The van der Waals surface area contributed by atoms with Crippen LogP contribution in [0.3, 0.4) is 0 Å². The predicted octanol–water partition coefficient (Wildman–Crippen LogP) is 4.76. The van der Waals surface area contributed by atoms with Gasteiger partial charge in [-0.15, -0.1) is 16.4 Å². The second-order valence-electron chi connectivity index (χ2n) is 6.17. The molecule has 0 aliphatic carbocycles. The summed E-state index contributed by atoms with van der Waals surface area (Å²) in [5.41, 5.74) is 4.16. The van der Waals surface area contributed by atoms with Crippen molar-refractivity contribution in [1.29, 1.82) is 0 Å². The number of hydrogen-bond donors (Lipinski definition) is 1. The standard InChI is InChI=1S/C20H15FN4OS/c1-11-9-13(20-23-17-10-14(21)5-8-18(17)27-20)4-7-15(11)22-19(26)16-6-3-12(2)24-25-16/h3-10H,1-2H3,(H,22,26). The molecule has 0 spiro atoms. The lowest BCUT2D eigenvalue weighted by Gasteiger charge is -2.09. The van der Waals surface area contributed by atoms with Gasteiger partial charge in [0, 0.05) is 17.3 Å². The summed E-state index contributed by atoms with van der Waals surface area (Å²) >= 11 is 1.50. The van der Waals surface area contributed by atoms with Gasteiger partial charge in [0.15, 0.2) is 5.69 Å². The van der Waals surface area contributed by atoms with Crippen LogP contribution in [0.4, 0.5) is 10.1 Å². The fourth-order valence-electron chi connectivity index (χ4n) is 2.67. The molecular formula is C20H15FN4OS. The number of thiazole rings is 1. The number of nitrogens with one attached hydrogen (secondary N) is 1. The molecule has 0 fully saturated rings. The van der Waals surface area contributed by atoms with Crippen LogP contribution < -0.4 is 5.32 Å². The van der Waals surface area contributed by atoms with Crippen LogP contribution in [0.1, 0.15) is 21.7 Å². The third-order valence-electron chi connectivity index (χ3n) is 4.10. The van der Waals surface area contributed by atoms with Gasteiger partial charge in [0.1, 0.15) is 10.8 Å². The van der Waals surface area contributed by atoms with Crippen molar-refractivity contribution in [2.75, 3.05) is 5.32 Å². The lowest BCUT2D eigenvalue weighted by Crippen LogP contribution is -2.15. The number of halogens is 1. The molecule has 0 radical (unpaired) electrons. The number of rotatable bonds is 3. The fraction of sp³-hybridized carbons (Fsp3) is 0.100. The summed E-state index contributed by atoms with van der Waals surface area (Å²) in [6.45, 7) is 3.72. The van der Waals surface area contributed by atoms with Gasteiger partial charge in [-0.2, -0.15) is 5.10 Å². The van der Waals surface area contributed by atoms with Gasteiger partial charge in [-0.1, -0.05) is 0 Å². The number of fused-ring (bicyclic) bond motifs is 1. The molecule has 0 unspecified atom stereocenters. The van der Waals surface area contributed by atoms with Gasteiger partial charge < -0.3 is 5.32 Å². The maximum Gasteiger partial charge on any atom is 0.276 e. The number of carbonyl (C=O) groups excluding carboxylic acids is 1. The number of hydrogen-bond acceptors (Lipinski definition) is 5. The molecule has 0 bridgehead atoms. The van der Waals surface area contributed by atoms with E-state index in [0.717, 1.165) is 26.5 Å². The molecule has 0 saturated carbocycles. The van der Waals surface area contributed by atoms with Crippen molar-refractivity contribution in [1.82, 2.24) is 15.2 Å². The van der Waals surface area contributed by atoms with Crippen molar-refractivity contribution in [3.63, 3.8) is 0 Å². The Morgan fingerprint density at radius 2 is 1.89 bits per heavy atom. The molecule has 0 aliphatic heterocycles. The number of carbonyl (C=O) groups is 1. The number of amides is 1. The zero-order valence-corrected chi connectivity index (χ0v) is 15.5. The number of anilines is 1. The smallest absolute Gasteiger partial charge is 0.276 e. The van der Waals surface area contributed by atoms with Crippen LogP contribution in [-0.4, -0.2) is 21.1 Å². The van der Waals surface area contributed by atoms with E-state index in [-0.39, 0.29) is 17.4 Å². The van der Waals surface area contributed by atoms with Crippen LogP contribution in [0, 0.1) is 19.7 Å². The highest BCUT2D eigenvalue weighted by Crippen LogP contribution is 2.32. The third-order valence-corrected chi connectivity index (χ3v) is 5.19. The van der Waals surface area contributed by atoms with Gasteiger partial charge in [-0.25, -0.2) is 9.37 Å². The summed E-state index contributed by atoms with van der Waals surface area (Å²) in [6, 6.07) is 13.6. The number of aryl methyl sites for hydroxylation is 2. The Balaban J connectivity index is 1.60. The van der Waals surface area contributed by atoms with Gasteiger partial charge >= 0.3 is 0 Å². The second-order valence-corrected chi connectivity index (χ2v) is 7.21. The van der Waals surface area contributed by atoms with E-state index in [2.05, 4.69) is 20.5 Å². The number of nitrogens with zero attached hydrogens (tertiary/aromatic N) is 3. The Hall–Kier alpha value is -3.19. The van der Waals surface area contributed by atoms with Crippen LogP contribution in [0.25, 0.3) is 20.8 Å². The van der Waals surface area contributed by atoms with Crippen LogP contribution in [0.15, 0.2) is 48.5 Å². The van der Waals surface area contributed by atoms with Gasteiger partial charge in [0.2, 0.25) is 0 Å². The van der Waals surface area contributed by atoms with Gasteiger partial charge in [-0.05, 0) is 61.9 Å². The molecular weight excluding hydrogens is 363 g/mol. The summed E-state index contributed by atoms with van der Waals surface area (Å²) in [4.78, 5) is 16.8. The molecule has 2 heterocycles. The first-order valence-electron chi connectivity index (χ1n) is 8.28. The van der Waals surface area contributed by atoms with Crippen molar-refractivity contribution in [3.05, 3.63) is 71.3 Å². The number of aromatic nitrogens is 3. The average Bonchev–Trinajstić information content (AvgIpc) is 3.07. The Kier molecular flexibility index (Phi) is 4.37. The van der Waals surface area contributed by atoms with Crippen LogP contribution in [0.5, 0.6) is 0 Å². The summed E-state index contributed by atoms with van der Waals surface area (Å²) in [5.74, 6) is -0.610. The molecule has 4 rings (SSSR count). The van der Waals surface area contributed by atoms with Crippen molar-refractivity contribution >= 4 is 33.1 Å². The molecule has 2 aromatic heterocycles. The van der Waals surface area contributed by atoms with E-state index in [9.17, 15) is 9.18 Å². The molecule has 134 valence electrons. The molecule has 7 heteroatoms. The maximum absolute atomic E-state index is 13.4. The average molecular weight is 378 g/mol. The first-order valence-corrected chi connectivity index (χ1v) is 9.10.